The van der Waals surface area contributed by atoms with E-state index in [0.717, 1.165) is 19.6 Å². The van der Waals surface area contributed by atoms with Crippen molar-refractivity contribution in [3.8, 4) is 0 Å². The van der Waals surface area contributed by atoms with Gasteiger partial charge in [-0.2, -0.15) is 0 Å². The van der Waals surface area contributed by atoms with E-state index in [9.17, 15) is 0 Å². The smallest absolute Gasteiger partial charge is 0.0132 e. The van der Waals surface area contributed by atoms with Crippen LogP contribution in [0.1, 0.15) is 12.8 Å². The largest absolute Gasteiger partial charge is 0.319 e. The second-order valence-electron chi connectivity index (χ2n) is 3.45. The second kappa shape index (κ2) is 3.88. The first kappa shape index (κ1) is 8.75. The molecule has 0 aliphatic heterocycles. The fourth-order valence-electron chi connectivity index (χ4n) is 1.41. The fourth-order valence-corrected chi connectivity index (χ4v) is 1.41. The van der Waals surface area contributed by atoms with Gasteiger partial charge in [0.15, 0.2) is 0 Å². The lowest BCUT2D eigenvalue weighted by molar-refractivity contribution is 0.450. The highest BCUT2D eigenvalue weighted by Gasteiger charge is 2.40. The minimum Gasteiger partial charge on any atom is -0.319 e. The molecule has 0 atom stereocenters. The van der Waals surface area contributed by atoms with Crippen molar-refractivity contribution >= 4 is 0 Å². The lowest BCUT2D eigenvalue weighted by Gasteiger charge is -2.13. The summed E-state index contributed by atoms with van der Waals surface area (Å²) in [5, 5.41) is 6.60. The van der Waals surface area contributed by atoms with Crippen LogP contribution in [-0.2, 0) is 0 Å². The van der Waals surface area contributed by atoms with Gasteiger partial charge < -0.3 is 10.6 Å². The summed E-state index contributed by atoms with van der Waals surface area (Å²) < 4.78 is 0. The third kappa shape index (κ3) is 2.64. The summed E-state index contributed by atoms with van der Waals surface area (Å²) in [7, 11) is 2.02. The van der Waals surface area contributed by atoms with Crippen LogP contribution in [0, 0.1) is 5.41 Å². The average molecular weight is 154 g/mol. The molecule has 1 fully saturated rings. The summed E-state index contributed by atoms with van der Waals surface area (Å²) in [4.78, 5) is 0. The van der Waals surface area contributed by atoms with E-state index in [-0.39, 0.29) is 0 Å². The maximum Gasteiger partial charge on any atom is 0.0132 e. The van der Waals surface area contributed by atoms with Crippen LogP contribution in [0.5, 0.6) is 0 Å². The predicted molar refractivity (Wildman–Crippen MR) is 48.7 cm³/mol. The summed E-state index contributed by atoms with van der Waals surface area (Å²) in [6.45, 7) is 6.89. The minimum atomic E-state index is 0.581. The molecular formula is C9H18N2. The van der Waals surface area contributed by atoms with E-state index >= 15 is 0 Å². The Balaban J connectivity index is 2.08. The molecule has 1 rings (SSSR count). The Morgan fingerprint density at radius 3 is 2.64 bits per heavy atom. The molecule has 1 saturated carbocycles. The normalized spacial score (nSPS) is 19.7. The molecule has 1 aliphatic rings. The van der Waals surface area contributed by atoms with Gasteiger partial charge in [-0.1, -0.05) is 6.08 Å². The molecule has 11 heavy (non-hydrogen) atoms. The van der Waals surface area contributed by atoms with E-state index in [1.807, 2.05) is 13.1 Å². The molecular weight excluding hydrogens is 136 g/mol. The van der Waals surface area contributed by atoms with Crippen molar-refractivity contribution in [2.24, 2.45) is 5.41 Å². The molecule has 1 aliphatic carbocycles. The van der Waals surface area contributed by atoms with Crippen LogP contribution in [0.3, 0.4) is 0 Å². The Hall–Kier alpha value is -0.340. The molecule has 0 aromatic rings. The molecule has 2 nitrogen and oxygen atoms in total. The van der Waals surface area contributed by atoms with Crippen molar-refractivity contribution in [1.29, 1.82) is 0 Å². The third-order valence-corrected chi connectivity index (χ3v) is 2.30. The van der Waals surface area contributed by atoms with Gasteiger partial charge in [-0.05, 0) is 25.3 Å². The van der Waals surface area contributed by atoms with Gasteiger partial charge in [0.1, 0.15) is 0 Å². The molecule has 2 N–H and O–H groups in total. The number of hydrogen-bond donors (Lipinski definition) is 2. The Kier molecular flexibility index (Phi) is 3.09. The van der Waals surface area contributed by atoms with Crippen LogP contribution in [0.25, 0.3) is 0 Å². The van der Waals surface area contributed by atoms with Gasteiger partial charge in [0.2, 0.25) is 0 Å². The van der Waals surface area contributed by atoms with Crippen molar-refractivity contribution in [3.63, 3.8) is 0 Å². The molecule has 0 aromatic heterocycles. The molecule has 0 radical (unpaired) electrons. The number of rotatable bonds is 6. The molecule has 0 heterocycles. The lowest BCUT2D eigenvalue weighted by Crippen LogP contribution is -2.31. The maximum atomic E-state index is 3.67. The van der Waals surface area contributed by atoms with Crippen LogP contribution in [0.15, 0.2) is 12.7 Å². The summed E-state index contributed by atoms with van der Waals surface area (Å²) in [6, 6.07) is 0. The zero-order valence-corrected chi connectivity index (χ0v) is 7.32. The SMILES string of the molecule is C=CCNCC1(CNC)CC1. The summed E-state index contributed by atoms with van der Waals surface area (Å²) in [6.07, 6.45) is 4.66. The van der Waals surface area contributed by atoms with Crippen LogP contribution < -0.4 is 10.6 Å². The highest BCUT2D eigenvalue weighted by Crippen LogP contribution is 2.44. The Morgan fingerprint density at radius 2 is 2.18 bits per heavy atom. The number of hydrogen-bond acceptors (Lipinski definition) is 2. The van der Waals surface area contributed by atoms with Gasteiger partial charge in [-0.25, -0.2) is 0 Å². The minimum absolute atomic E-state index is 0.581. The average Bonchev–Trinajstić information content (AvgIpc) is 2.71. The molecule has 0 bridgehead atoms. The van der Waals surface area contributed by atoms with Crippen LogP contribution in [0.4, 0.5) is 0 Å². The Bertz CT molecular complexity index is 128. The topological polar surface area (TPSA) is 24.1 Å². The van der Waals surface area contributed by atoms with E-state index in [1.54, 1.807) is 0 Å². The van der Waals surface area contributed by atoms with Crippen molar-refractivity contribution in [3.05, 3.63) is 12.7 Å². The van der Waals surface area contributed by atoms with Crippen molar-refractivity contribution in [1.82, 2.24) is 10.6 Å². The van der Waals surface area contributed by atoms with E-state index in [2.05, 4.69) is 17.2 Å². The van der Waals surface area contributed by atoms with Crippen molar-refractivity contribution in [2.45, 2.75) is 12.8 Å². The molecule has 0 saturated heterocycles. The van der Waals surface area contributed by atoms with Gasteiger partial charge in [0.25, 0.3) is 0 Å². The molecule has 0 unspecified atom stereocenters. The van der Waals surface area contributed by atoms with Gasteiger partial charge in [-0.15, -0.1) is 6.58 Å². The highest BCUT2D eigenvalue weighted by atomic mass is 14.9. The summed E-state index contributed by atoms with van der Waals surface area (Å²) in [5.41, 5.74) is 0.581. The molecule has 0 amide bonds. The Labute approximate surface area is 69.1 Å². The predicted octanol–water partition coefficient (Wildman–Crippen LogP) is 0.762. The molecule has 0 aromatic carbocycles. The van der Waals surface area contributed by atoms with E-state index < -0.39 is 0 Å². The molecule has 0 spiro atoms. The van der Waals surface area contributed by atoms with Crippen LogP contribution >= 0.6 is 0 Å². The van der Waals surface area contributed by atoms with E-state index in [4.69, 9.17) is 0 Å². The van der Waals surface area contributed by atoms with Gasteiger partial charge in [-0.3, -0.25) is 0 Å². The summed E-state index contributed by atoms with van der Waals surface area (Å²) in [5.74, 6) is 0. The molecule has 64 valence electrons. The van der Waals surface area contributed by atoms with Gasteiger partial charge in [0, 0.05) is 19.6 Å². The molecule has 2 heteroatoms. The van der Waals surface area contributed by atoms with Crippen molar-refractivity contribution in [2.75, 3.05) is 26.7 Å². The zero-order valence-electron chi connectivity index (χ0n) is 7.32. The van der Waals surface area contributed by atoms with Gasteiger partial charge in [0.05, 0.1) is 0 Å². The van der Waals surface area contributed by atoms with Crippen LogP contribution in [0.2, 0.25) is 0 Å². The van der Waals surface area contributed by atoms with Gasteiger partial charge >= 0.3 is 0 Å². The van der Waals surface area contributed by atoms with E-state index in [1.165, 1.54) is 12.8 Å². The summed E-state index contributed by atoms with van der Waals surface area (Å²) >= 11 is 0. The lowest BCUT2D eigenvalue weighted by atomic mass is 10.1. The second-order valence-corrected chi connectivity index (χ2v) is 3.45. The van der Waals surface area contributed by atoms with Crippen LogP contribution in [-0.4, -0.2) is 26.7 Å². The standard InChI is InChI=1S/C9H18N2/c1-3-6-11-8-9(4-5-9)7-10-2/h3,10-11H,1,4-8H2,2H3. The number of nitrogens with one attached hydrogen (secondary N) is 2. The highest BCUT2D eigenvalue weighted by molar-refractivity contribution is 4.96. The first-order chi connectivity index (χ1) is 5.33. The maximum absolute atomic E-state index is 3.67. The van der Waals surface area contributed by atoms with E-state index in [0.29, 0.717) is 5.41 Å². The fraction of sp³-hybridized carbons (Fsp3) is 0.778. The Morgan fingerprint density at radius 1 is 1.45 bits per heavy atom. The first-order valence-electron chi connectivity index (χ1n) is 4.29. The zero-order chi connectivity index (χ0) is 8.16. The third-order valence-electron chi connectivity index (χ3n) is 2.30. The quantitative estimate of drug-likeness (QED) is 0.436. The monoisotopic (exact) mass is 154 g/mol. The first-order valence-corrected chi connectivity index (χ1v) is 4.29. The van der Waals surface area contributed by atoms with Crippen molar-refractivity contribution < 1.29 is 0 Å².